The van der Waals surface area contributed by atoms with Crippen LogP contribution in [0.15, 0.2) is 29.2 Å². The first-order chi connectivity index (χ1) is 7.80. The molecule has 0 radical (unpaired) electrons. The number of benzene rings is 1. The van der Waals surface area contributed by atoms with Crippen LogP contribution in [0.5, 0.6) is 0 Å². The summed E-state index contributed by atoms with van der Waals surface area (Å²) >= 11 is 1.77. The van der Waals surface area contributed by atoms with E-state index >= 15 is 0 Å². The lowest BCUT2D eigenvalue weighted by atomic mass is 10.2. The van der Waals surface area contributed by atoms with Gasteiger partial charge in [0.1, 0.15) is 0 Å². The molecule has 0 atom stereocenters. The Hall–Kier alpha value is -0.510. The molecule has 0 heterocycles. The van der Waals surface area contributed by atoms with Gasteiger partial charge < -0.3 is 5.11 Å². The molecule has 0 saturated heterocycles. The summed E-state index contributed by atoms with van der Waals surface area (Å²) in [6.07, 6.45) is 2.95. The van der Waals surface area contributed by atoms with Crippen molar-refractivity contribution < 1.29 is 5.11 Å². The van der Waals surface area contributed by atoms with Crippen molar-refractivity contribution in [1.29, 1.82) is 0 Å². The van der Waals surface area contributed by atoms with E-state index in [1.54, 1.807) is 11.8 Å². The quantitative estimate of drug-likeness (QED) is 0.740. The van der Waals surface area contributed by atoms with E-state index in [-0.39, 0.29) is 6.61 Å². The highest BCUT2D eigenvalue weighted by Gasteiger charge is 2.03. The molecule has 1 N–H and O–H groups in total. The van der Waals surface area contributed by atoms with E-state index in [0.29, 0.717) is 0 Å². The van der Waals surface area contributed by atoms with Crippen LogP contribution < -0.4 is 0 Å². The van der Waals surface area contributed by atoms with E-state index in [0.717, 1.165) is 26.1 Å². The number of hydrogen-bond acceptors (Lipinski definition) is 3. The molecule has 0 unspecified atom stereocenters. The Kier molecular flexibility index (Phi) is 6.53. The monoisotopic (exact) mass is 239 g/mol. The second-order valence-corrected chi connectivity index (χ2v) is 4.67. The molecule has 3 heteroatoms. The molecule has 0 bridgehead atoms. The summed E-state index contributed by atoms with van der Waals surface area (Å²) < 4.78 is 0. The average Bonchev–Trinajstić information content (AvgIpc) is 2.35. The summed E-state index contributed by atoms with van der Waals surface area (Å²) in [6.45, 7) is 5.42. The molecule has 0 aromatic heterocycles. The molecule has 0 aliphatic rings. The fourth-order valence-corrected chi connectivity index (χ4v) is 2.04. The molecule has 16 heavy (non-hydrogen) atoms. The van der Waals surface area contributed by atoms with Crippen molar-refractivity contribution in [2.24, 2.45) is 0 Å². The highest BCUT2D eigenvalue weighted by molar-refractivity contribution is 7.98. The predicted molar refractivity (Wildman–Crippen MR) is 70.9 cm³/mol. The van der Waals surface area contributed by atoms with Crippen molar-refractivity contribution in [3.05, 3.63) is 29.8 Å². The predicted octanol–water partition coefficient (Wildman–Crippen LogP) is 2.61. The lowest BCUT2D eigenvalue weighted by Gasteiger charge is -2.19. The van der Waals surface area contributed by atoms with Crippen LogP contribution in [0.4, 0.5) is 0 Å². The standard InChI is InChI=1S/C13H21NOS/c1-3-14(9-4-10-15)11-12-5-7-13(16-2)8-6-12/h5-8,15H,3-4,9-11H2,1-2H3. The number of thioether (sulfide) groups is 1. The van der Waals surface area contributed by atoms with Crippen LogP contribution in [-0.4, -0.2) is 36.0 Å². The molecule has 90 valence electrons. The van der Waals surface area contributed by atoms with Gasteiger partial charge in [-0.15, -0.1) is 11.8 Å². The summed E-state index contributed by atoms with van der Waals surface area (Å²) in [5.41, 5.74) is 1.34. The van der Waals surface area contributed by atoms with E-state index in [2.05, 4.69) is 42.3 Å². The Bertz CT molecular complexity index is 286. The molecule has 0 aliphatic carbocycles. The molecule has 0 aliphatic heterocycles. The largest absolute Gasteiger partial charge is 0.396 e. The lowest BCUT2D eigenvalue weighted by Crippen LogP contribution is -2.24. The maximum Gasteiger partial charge on any atom is 0.0443 e. The van der Waals surface area contributed by atoms with Gasteiger partial charge in [-0.1, -0.05) is 19.1 Å². The van der Waals surface area contributed by atoms with Crippen molar-refractivity contribution >= 4 is 11.8 Å². The molecule has 1 aromatic carbocycles. The van der Waals surface area contributed by atoms with Crippen LogP contribution in [-0.2, 0) is 6.54 Å². The lowest BCUT2D eigenvalue weighted by molar-refractivity contribution is 0.225. The number of aliphatic hydroxyl groups is 1. The minimum absolute atomic E-state index is 0.280. The first-order valence-electron chi connectivity index (χ1n) is 5.76. The van der Waals surface area contributed by atoms with Gasteiger partial charge in [0, 0.05) is 24.6 Å². The van der Waals surface area contributed by atoms with Gasteiger partial charge in [-0.2, -0.15) is 0 Å². The highest BCUT2D eigenvalue weighted by Crippen LogP contribution is 2.15. The fraction of sp³-hybridized carbons (Fsp3) is 0.538. The average molecular weight is 239 g/mol. The molecule has 2 nitrogen and oxygen atoms in total. The first-order valence-corrected chi connectivity index (χ1v) is 6.98. The summed E-state index contributed by atoms with van der Waals surface area (Å²) in [4.78, 5) is 3.66. The van der Waals surface area contributed by atoms with Crippen LogP contribution in [0.3, 0.4) is 0 Å². The number of hydrogen-bond donors (Lipinski definition) is 1. The van der Waals surface area contributed by atoms with Crippen LogP contribution in [0, 0.1) is 0 Å². The van der Waals surface area contributed by atoms with Crippen molar-refractivity contribution in [1.82, 2.24) is 4.90 Å². The first kappa shape index (κ1) is 13.6. The van der Waals surface area contributed by atoms with Crippen molar-refractivity contribution in [3.8, 4) is 0 Å². The Morgan fingerprint density at radius 3 is 2.44 bits per heavy atom. The van der Waals surface area contributed by atoms with Gasteiger partial charge in [0.2, 0.25) is 0 Å². The van der Waals surface area contributed by atoms with Gasteiger partial charge in [0.05, 0.1) is 0 Å². The zero-order chi connectivity index (χ0) is 11.8. The van der Waals surface area contributed by atoms with Gasteiger partial charge in [0.15, 0.2) is 0 Å². The summed E-state index contributed by atoms with van der Waals surface area (Å²) in [7, 11) is 0. The number of rotatable bonds is 7. The SMILES string of the molecule is CCN(CCCO)Cc1ccc(SC)cc1. The third-order valence-corrected chi connectivity index (χ3v) is 3.39. The molecule has 0 spiro atoms. The van der Waals surface area contributed by atoms with E-state index < -0.39 is 0 Å². The van der Waals surface area contributed by atoms with E-state index in [4.69, 9.17) is 5.11 Å². The Morgan fingerprint density at radius 1 is 1.25 bits per heavy atom. The third kappa shape index (κ3) is 4.56. The Balaban J connectivity index is 2.49. The smallest absolute Gasteiger partial charge is 0.0443 e. The van der Waals surface area contributed by atoms with Gasteiger partial charge in [-0.3, -0.25) is 4.90 Å². The van der Waals surface area contributed by atoms with Gasteiger partial charge in [0.25, 0.3) is 0 Å². The Morgan fingerprint density at radius 2 is 1.94 bits per heavy atom. The minimum Gasteiger partial charge on any atom is -0.396 e. The topological polar surface area (TPSA) is 23.5 Å². The van der Waals surface area contributed by atoms with Gasteiger partial charge in [-0.05, 0) is 36.9 Å². The van der Waals surface area contributed by atoms with Gasteiger partial charge >= 0.3 is 0 Å². The third-order valence-electron chi connectivity index (χ3n) is 2.64. The van der Waals surface area contributed by atoms with Crippen LogP contribution in [0.2, 0.25) is 0 Å². The van der Waals surface area contributed by atoms with Crippen molar-refractivity contribution in [2.75, 3.05) is 26.0 Å². The Labute approximate surface area is 103 Å². The van der Waals surface area contributed by atoms with Crippen LogP contribution in [0.25, 0.3) is 0 Å². The van der Waals surface area contributed by atoms with E-state index in [9.17, 15) is 0 Å². The number of nitrogens with zero attached hydrogens (tertiary/aromatic N) is 1. The molecule has 0 fully saturated rings. The van der Waals surface area contributed by atoms with Gasteiger partial charge in [-0.25, -0.2) is 0 Å². The summed E-state index contributed by atoms with van der Waals surface area (Å²) in [6, 6.07) is 8.71. The fourth-order valence-electron chi connectivity index (χ4n) is 1.63. The molecular weight excluding hydrogens is 218 g/mol. The number of aliphatic hydroxyl groups excluding tert-OH is 1. The summed E-state index contributed by atoms with van der Waals surface area (Å²) in [5, 5.41) is 8.82. The van der Waals surface area contributed by atoms with Crippen LogP contribution in [0.1, 0.15) is 18.9 Å². The second-order valence-electron chi connectivity index (χ2n) is 3.79. The van der Waals surface area contributed by atoms with E-state index in [1.165, 1.54) is 10.5 Å². The maximum atomic E-state index is 8.82. The normalized spacial score (nSPS) is 11.0. The maximum absolute atomic E-state index is 8.82. The van der Waals surface area contributed by atoms with Crippen LogP contribution >= 0.6 is 11.8 Å². The molecule has 0 saturated carbocycles. The molecule has 0 amide bonds. The zero-order valence-electron chi connectivity index (χ0n) is 10.1. The zero-order valence-corrected chi connectivity index (χ0v) is 11.0. The van der Waals surface area contributed by atoms with Crippen molar-refractivity contribution in [3.63, 3.8) is 0 Å². The molecule has 1 rings (SSSR count). The highest BCUT2D eigenvalue weighted by atomic mass is 32.2. The van der Waals surface area contributed by atoms with E-state index in [1.807, 2.05) is 0 Å². The molecule has 1 aromatic rings. The molecular formula is C13H21NOS. The summed E-state index contributed by atoms with van der Waals surface area (Å²) in [5.74, 6) is 0. The van der Waals surface area contributed by atoms with Crippen molar-refractivity contribution in [2.45, 2.75) is 24.8 Å². The second kappa shape index (κ2) is 7.71. The minimum atomic E-state index is 0.280.